The SMILES string of the molecule is CCn1c(S[C@@H](C)C(=O)Nc2ccc(F)c(F)c2F)nnc1C1CC1. The third kappa shape index (κ3) is 3.65. The van der Waals surface area contributed by atoms with Crippen molar-refractivity contribution in [1.29, 1.82) is 0 Å². The van der Waals surface area contributed by atoms with Gasteiger partial charge in [-0.25, -0.2) is 13.2 Å². The second kappa shape index (κ2) is 7.07. The van der Waals surface area contributed by atoms with Crippen LogP contribution in [0, 0.1) is 17.5 Å². The molecule has 25 heavy (non-hydrogen) atoms. The van der Waals surface area contributed by atoms with E-state index >= 15 is 0 Å². The van der Waals surface area contributed by atoms with Crippen LogP contribution in [-0.2, 0) is 11.3 Å². The fraction of sp³-hybridized carbons (Fsp3) is 0.438. The standard InChI is InChI=1S/C16H17F3N4OS/c1-3-23-14(9-4-5-9)21-22-16(23)25-8(2)15(24)20-11-7-6-10(17)12(18)13(11)19/h6-9H,3-5H2,1-2H3,(H,20,24)/t8-/m0/s1. The fourth-order valence-electron chi connectivity index (χ4n) is 2.40. The van der Waals surface area contributed by atoms with Gasteiger partial charge in [-0.15, -0.1) is 10.2 Å². The van der Waals surface area contributed by atoms with E-state index in [-0.39, 0.29) is 0 Å². The van der Waals surface area contributed by atoms with Crippen LogP contribution >= 0.6 is 11.8 Å². The number of aromatic nitrogens is 3. The fourth-order valence-corrected chi connectivity index (χ4v) is 3.32. The predicted octanol–water partition coefficient (Wildman–Crippen LogP) is 3.71. The van der Waals surface area contributed by atoms with Crippen LogP contribution in [0.1, 0.15) is 38.4 Å². The molecule has 1 aromatic heterocycles. The van der Waals surface area contributed by atoms with Crippen LogP contribution in [0.2, 0.25) is 0 Å². The van der Waals surface area contributed by atoms with E-state index in [1.807, 2.05) is 11.5 Å². The second-order valence-electron chi connectivity index (χ2n) is 5.83. The first-order valence-electron chi connectivity index (χ1n) is 7.96. The van der Waals surface area contributed by atoms with Gasteiger partial charge < -0.3 is 9.88 Å². The van der Waals surface area contributed by atoms with Crippen LogP contribution in [-0.4, -0.2) is 25.9 Å². The van der Waals surface area contributed by atoms with E-state index in [1.54, 1.807) is 6.92 Å². The highest BCUT2D eigenvalue weighted by Crippen LogP contribution is 2.40. The molecule has 0 unspecified atom stereocenters. The number of amides is 1. The number of carbonyl (C=O) groups is 1. The Hall–Kier alpha value is -2.03. The van der Waals surface area contributed by atoms with Crippen molar-refractivity contribution in [3.8, 4) is 0 Å². The zero-order valence-electron chi connectivity index (χ0n) is 13.7. The Morgan fingerprint density at radius 1 is 1.32 bits per heavy atom. The summed E-state index contributed by atoms with van der Waals surface area (Å²) in [5.41, 5.74) is -0.396. The highest BCUT2D eigenvalue weighted by atomic mass is 32.2. The van der Waals surface area contributed by atoms with Gasteiger partial charge in [-0.1, -0.05) is 11.8 Å². The third-order valence-electron chi connectivity index (χ3n) is 3.95. The molecule has 1 fully saturated rings. The monoisotopic (exact) mass is 370 g/mol. The average Bonchev–Trinajstić information content (AvgIpc) is 3.36. The molecule has 1 amide bonds. The molecule has 1 aromatic carbocycles. The summed E-state index contributed by atoms with van der Waals surface area (Å²) in [6.07, 6.45) is 2.18. The second-order valence-corrected chi connectivity index (χ2v) is 7.14. The van der Waals surface area contributed by atoms with Gasteiger partial charge in [-0.2, -0.15) is 0 Å². The third-order valence-corrected chi connectivity index (χ3v) is 5.03. The Morgan fingerprint density at radius 3 is 2.68 bits per heavy atom. The average molecular weight is 370 g/mol. The molecule has 1 saturated carbocycles. The lowest BCUT2D eigenvalue weighted by Gasteiger charge is -2.13. The molecule has 0 radical (unpaired) electrons. The van der Waals surface area contributed by atoms with E-state index in [0.717, 1.165) is 30.8 Å². The summed E-state index contributed by atoms with van der Waals surface area (Å²) in [4.78, 5) is 12.2. The number of hydrogen-bond donors (Lipinski definition) is 1. The Bertz CT molecular complexity index is 807. The molecular formula is C16H17F3N4OS. The van der Waals surface area contributed by atoms with Gasteiger partial charge in [0.15, 0.2) is 22.6 Å². The first-order valence-corrected chi connectivity index (χ1v) is 8.84. The molecular weight excluding hydrogens is 353 g/mol. The van der Waals surface area contributed by atoms with Crippen LogP contribution in [0.25, 0.3) is 0 Å². The molecule has 9 heteroatoms. The molecule has 0 spiro atoms. The van der Waals surface area contributed by atoms with Crippen molar-refractivity contribution in [1.82, 2.24) is 14.8 Å². The molecule has 0 aliphatic heterocycles. The molecule has 1 aliphatic rings. The van der Waals surface area contributed by atoms with Crippen molar-refractivity contribution in [3.05, 3.63) is 35.4 Å². The van der Waals surface area contributed by atoms with E-state index in [4.69, 9.17) is 0 Å². The number of hydrogen-bond acceptors (Lipinski definition) is 4. The molecule has 5 nitrogen and oxygen atoms in total. The lowest BCUT2D eigenvalue weighted by molar-refractivity contribution is -0.115. The van der Waals surface area contributed by atoms with Crippen molar-refractivity contribution in [2.75, 3.05) is 5.32 Å². The van der Waals surface area contributed by atoms with Gasteiger partial charge in [0.25, 0.3) is 0 Å². The lowest BCUT2D eigenvalue weighted by Crippen LogP contribution is -2.24. The maximum absolute atomic E-state index is 13.7. The number of nitrogens with zero attached hydrogens (tertiary/aromatic N) is 3. The molecule has 1 heterocycles. The number of thioether (sulfide) groups is 1. The predicted molar refractivity (Wildman–Crippen MR) is 87.9 cm³/mol. The van der Waals surface area contributed by atoms with Crippen LogP contribution in [0.4, 0.5) is 18.9 Å². The first kappa shape index (κ1) is 17.8. The molecule has 3 rings (SSSR count). The van der Waals surface area contributed by atoms with E-state index in [9.17, 15) is 18.0 Å². The largest absolute Gasteiger partial charge is 0.323 e. The van der Waals surface area contributed by atoms with Crippen molar-refractivity contribution >= 4 is 23.4 Å². The zero-order valence-corrected chi connectivity index (χ0v) is 14.5. The van der Waals surface area contributed by atoms with E-state index in [0.29, 0.717) is 17.6 Å². The van der Waals surface area contributed by atoms with Crippen molar-refractivity contribution in [2.45, 2.75) is 49.6 Å². The van der Waals surface area contributed by atoms with Crippen LogP contribution in [0.5, 0.6) is 0 Å². The molecule has 1 aliphatic carbocycles. The number of nitrogens with one attached hydrogen (secondary N) is 1. The Morgan fingerprint density at radius 2 is 2.04 bits per heavy atom. The van der Waals surface area contributed by atoms with E-state index < -0.39 is 34.3 Å². The molecule has 134 valence electrons. The molecule has 2 aromatic rings. The number of carbonyl (C=O) groups excluding carboxylic acids is 1. The minimum atomic E-state index is -1.61. The summed E-state index contributed by atoms with van der Waals surface area (Å²) >= 11 is 1.19. The topological polar surface area (TPSA) is 59.8 Å². The van der Waals surface area contributed by atoms with Crippen LogP contribution in [0.15, 0.2) is 17.3 Å². The first-order chi connectivity index (χ1) is 11.9. The Kier molecular flexibility index (Phi) is 5.03. The molecule has 1 N–H and O–H groups in total. The normalized spacial score (nSPS) is 15.2. The Balaban J connectivity index is 1.70. The van der Waals surface area contributed by atoms with Crippen LogP contribution in [0.3, 0.4) is 0 Å². The van der Waals surface area contributed by atoms with E-state index in [2.05, 4.69) is 15.5 Å². The van der Waals surface area contributed by atoms with Crippen molar-refractivity contribution < 1.29 is 18.0 Å². The summed E-state index contributed by atoms with van der Waals surface area (Å²) in [5, 5.41) is 10.6. The van der Waals surface area contributed by atoms with Gasteiger partial charge in [0.1, 0.15) is 5.82 Å². The maximum Gasteiger partial charge on any atom is 0.237 e. The van der Waals surface area contributed by atoms with Gasteiger partial charge in [-0.3, -0.25) is 4.79 Å². The van der Waals surface area contributed by atoms with Gasteiger partial charge in [0, 0.05) is 12.5 Å². The lowest BCUT2D eigenvalue weighted by atomic mass is 10.2. The molecule has 1 atom stereocenters. The van der Waals surface area contributed by atoms with Gasteiger partial charge in [0.05, 0.1) is 10.9 Å². The maximum atomic E-state index is 13.7. The summed E-state index contributed by atoms with van der Waals surface area (Å²) < 4.78 is 41.8. The molecule has 0 bridgehead atoms. The summed E-state index contributed by atoms with van der Waals surface area (Å²) in [5.74, 6) is -3.52. The molecule has 0 saturated heterocycles. The number of rotatable bonds is 6. The van der Waals surface area contributed by atoms with Crippen LogP contribution < -0.4 is 5.32 Å². The summed E-state index contributed by atoms with van der Waals surface area (Å²) in [6, 6.07) is 1.75. The summed E-state index contributed by atoms with van der Waals surface area (Å²) in [6.45, 7) is 4.29. The minimum absolute atomic E-state index is 0.396. The Labute approximate surface area is 147 Å². The highest BCUT2D eigenvalue weighted by molar-refractivity contribution is 8.00. The van der Waals surface area contributed by atoms with Crippen molar-refractivity contribution in [3.63, 3.8) is 0 Å². The smallest absolute Gasteiger partial charge is 0.237 e. The number of benzene rings is 1. The minimum Gasteiger partial charge on any atom is -0.323 e. The van der Waals surface area contributed by atoms with Crippen molar-refractivity contribution in [2.24, 2.45) is 0 Å². The van der Waals surface area contributed by atoms with Gasteiger partial charge in [-0.05, 0) is 38.8 Å². The quantitative estimate of drug-likeness (QED) is 0.622. The highest BCUT2D eigenvalue weighted by Gasteiger charge is 2.31. The van der Waals surface area contributed by atoms with Gasteiger partial charge >= 0.3 is 0 Å². The summed E-state index contributed by atoms with van der Waals surface area (Å²) in [7, 11) is 0. The zero-order chi connectivity index (χ0) is 18.1. The van der Waals surface area contributed by atoms with Gasteiger partial charge in [0.2, 0.25) is 5.91 Å². The van der Waals surface area contributed by atoms with E-state index in [1.165, 1.54) is 11.8 Å². The number of anilines is 1. The number of halogens is 3.